The molecule has 1 heterocycles. The van der Waals surface area contributed by atoms with Gasteiger partial charge in [0.05, 0.1) is 19.0 Å². The topological polar surface area (TPSA) is 55.4 Å². The van der Waals surface area contributed by atoms with E-state index in [-0.39, 0.29) is 0 Å². The number of rotatable bonds is 4. The van der Waals surface area contributed by atoms with Gasteiger partial charge >= 0.3 is 0 Å². The van der Waals surface area contributed by atoms with E-state index in [1.807, 2.05) is 30.3 Å². The molecule has 2 rings (SSSR count). The van der Waals surface area contributed by atoms with E-state index in [4.69, 9.17) is 21.7 Å². The highest BCUT2D eigenvalue weighted by Gasteiger charge is 2.05. The number of thiocarbonyl (C=S) groups is 1. The van der Waals surface area contributed by atoms with E-state index in [1.165, 1.54) is 0 Å². The number of anilines is 1. The molecule has 0 amide bonds. The molecular formula is C14H15N3O2S. The predicted molar refractivity (Wildman–Crippen MR) is 82.6 cm³/mol. The van der Waals surface area contributed by atoms with E-state index < -0.39 is 0 Å². The lowest BCUT2D eigenvalue weighted by atomic mass is 10.3. The SMILES string of the molecule is CNC(=S)Nc1ccc(Oc2ccccc2OC)nc1. The van der Waals surface area contributed by atoms with Gasteiger partial charge in [-0.2, -0.15) is 0 Å². The number of benzene rings is 1. The molecule has 0 fully saturated rings. The van der Waals surface area contributed by atoms with E-state index in [0.717, 1.165) is 5.69 Å². The van der Waals surface area contributed by atoms with E-state index >= 15 is 0 Å². The van der Waals surface area contributed by atoms with E-state index in [9.17, 15) is 0 Å². The summed E-state index contributed by atoms with van der Waals surface area (Å²) in [5.74, 6) is 1.76. The number of para-hydroxylation sites is 2. The molecule has 6 heteroatoms. The Bertz CT molecular complexity index is 587. The summed E-state index contributed by atoms with van der Waals surface area (Å²) in [6.45, 7) is 0. The Balaban J connectivity index is 2.09. The second-order valence-electron chi connectivity index (χ2n) is 3.84. The minimum Gasteiger partial charge on any atom is -0.493 e. The molecule has 20 heavy (non-hydrogen) atoms. The van der Waals surface area contributed by atoms with Crippen molar-refractivity contribution in [1.29, 1.82) is 0 Å². The van der Waals surface area contributed by atoms with Crippen molar-refractivity contribution in [2.24, 2.45) is 0 Å². The van der Waals surface area contributed by atoms with Crippen molar-refractivity contribution in [1.82, 2.24) is 10.3 Å². The van der Waals surface area contributed by atoms with Crippen LogP contribution in [0.4, 0.5) is 5.69 Å². The third kappa shape index (κ3) is 3.58. The molecule has 104 valence electrons. The van der Waals surface area contributed by atoms with Gasteiger partial charge in [0.15, 0.2) is 16.6 Å². The van der Waals surface area contributed by atoms with Gasteiger partial charge in [-0.15, -0.1) is 0 Å². The first-order valence-electron chi connectivity index (χ1n) is 5.98. The number of hydrogen-bond donors (Lipinski definition) is 2. The standard InChI is InChI=1S/C14H15N3O2S/c1-15-14(20)17-10-7-8-13(16-9-10)19-12-6-4-3-5-11(12)18-2/h3-9H,1-2H3,(H2,15,17,20). The van der Waals surface area contributed by atoms with Crippen LogP contribution in [0.15, 0.2) is 42.6 Å². The van der Waals surface area contributed by atoms with Gasteiger partial charge in [-0.1, -0.05) is 12.1 Å². The maximum atomic E-state index is 5.67. The number of methoxy groups -OCH3 is 1. The first kappa shape index (κ1) is 14.1. The normalized spacial score (nSPS) is 9.70. The van der Waals surface area contributed by atoms with Crippen LogP contribution < -0.4 is 20.1 Å². The number of nitrogens with one attached hydrogen (secondary N) is 2. The molecule has 0 unspecified atom stereocenters. The van der Waals surface area contributed by atoms with Crippen LogP contribution >= 0.6 is 12.2 Å². The molecule has 1 aromatic heterocycles. The lowest BCUT2D eigenvalue weighted by Gasteiger charge is -2.10. The third-order valence-corrected chi connectivity index (χ3v) is 2.81. The molecule has 5 nitrogen and oxygen atoms in total. The van der Waals surface area contributed by atoms with Crippen molar-refractivity contribution < 1.29 is 9.47 Å². The maximum Gasteiger partial charge on any atom is 0.219 e. The van der Waals surface area contributed by atoms with E-state index in [2.05, 4.69) is 15.6 Å². The third-order valence-electron chi connectivity index (χ3n) is 2.50. The number of aromatic nitrogens is 1. The Morgan fingerprint density at radius 1 is 1.15 bits per heavy atom. The summed E-state index contributed by atoms with van der Waals surface area (Å²) in [5, 5.41) is 6.34. The zero-order chi connectivity index (χ0) is 14.4. The quantitative estimate of drug-likeness (QED) is 0.844. The molecule has 0 spiro atoms. The Morgan fingerprint density at radius 2 is 1.90 bits per heavy atom. The van der Waals surface area contributed by atoms with Crippen molar-refractivity contribution in [2.75, 3.05) is 19.5 Å². The molecule has 1 aromatic carbocycles. The Kier molecular flexibility index (Phi) is 4.73. The van der Waals surface area contributed by atoms with Gasteiger partial charge in [-0.3, -0.25) is 0 Å². The van der Waals surface area contributed by atoms with Gasteiger partial charge in [0.2, 0.25) is 5.88 Å². The molecule has 0 saturated heterocycles. The first-order valence-corrected chi connectivity index (χ1v) is 6.39. The Labute approximate surface area is 122 Å². The van der Waals surface area contributed by atoms with E-state index in [0.29, 0.717) is 22.5 Å². The summed E-state index contributed by atoms with van der Waals surface area (Å²) in [5.41, 5.74) is 0.789. The number of pyridine rings is 1. The lowest BCUT2D eigenvalue weighted by Crippen LogP contribution is -2.24. The number of ether oxygens (including phenoxy) is 2. The fourth-order valence-electron chi connectivity index (χ4n) is 1.52. The average molecular weight is 289 g/mol. The van der Waals surface area contributed by atoms with Crippen molar-refractivity contribution >= 4 is 23.0 Å². The Hall–Kier alpha value is -2.34. The van der Waals surface area contributed by atoms with Crippen LogP contribution in [-0.2, 0) is 0 Å². The van der Waals surface area contributed by atoms with Gasteiger partial charge < -0.3 is 20.1 Å². The number of nitrogens with zero attached hydrogens (tertiary/aromatic N) is 1. The summed E-state index contributed by atoms with van der Waals surface area (Å²) in [6.07, 6.45) is 1.65. The zero-order valence-corrected chi connectivity index (χ0v) is 12.0. The highest BCUT2D eigenvalue weighted by Crippen LogP contribution is 2.30. The van der Waals surface area contributed by atoms with Crippen molar-refractivity contribution in [3.63, 3.8) is 0 Å². The molecule has 0 atom stereocenters. The summed E-state index contributed by atoms with van der Waals surface area (Å²) in [6, 6.07) is 11.0. The fourth-order valence-corrected chi connectivity index (χ4v) is 1.64. The van der Waals surface area contributed by atoms with Crippen LogP contribution in [0.3, 0.4) is 0 Å². The largest absolute Gasteiger partial charge is 0.493 e. The molecule has 0 aliphatic carbocycles. The van der Waals surface area contributed by atoms with Crippen LogP contribution in [-0.4, -0.2) is 24.3 Å². The highest BCUT2D eigenvalue weighted by molar-refractivity contribution is 7.80. The van der Waals surface area contributed by atoms with Crippen molar-refractivity contribution in [2.45, 2.75) is 0 Å². The van der Waals surface area contributed by atoms with Crippen molar-refractivity contribution in [3.8, 4) is 17.4 Å². The Morgan fingerprint density at radius 3 is 2.50 bits per heavy atom. The van der Waals surface area contributed by atoms with Crippen molar-refractivity contribution in [3.05, 3.63) is 42.6 Å². The molecule has 0 aliphatic heterocycles. The molecule has 2 aromatic rings. The van der Waals surface area contributed by atoms with Crippen LogP contribution in [0.1, 0.15) is 0 Å². The summed E-state index contributed by atoms with van der Waals surface area (Å²) >= 11 is 5.01. The fraction of sp³-hybridized carbons (Fsp3) is 0.143. The van der Waals surface area contributed by atoms with Gasteiger partial charge in [-0.05, 0) is 30.4 Å². The summed E-state index contributed by atoms with van der Waals surface area (Å²) in [7, 11) is 3.35. The van der Waals surface area contributed by atoms with Crippen LogP contribution in [0, 0.1) is 0 Å². The molecule has 2 N–H and O–H groups in total. The molecule has 0 radical (unpaired) electrons. The molecule has 0 bridgehead atoms. The predicted octanol–water partition coefficient (Wildman–Crippen LogP) is 2.80. The molecule has 0 aliphatic rings. The first-order chi connectivity index (χ1) is 9.72. The van der Waals surface area contributed by atoms with Gasteiger partial charge in [0, 0.05) is 13.1 Å². The van der Waals surface area contributed by atoms with E-state index in [1.54, 1.807) is 26.4 Å². The van der Waals surface area contributed by atoms with Crippen LogP contribution in [0.2, 0.25) is 0 Å². The zero-order valence-electron chi connectivity index (χ0n) is 11.2. The van der Waals surface area contributed by atoms with Gasteiger partial charge in [0.1, 0.15) is 0 Å². The smallest absolute Gasteiger partial charge is 0.219 e. The highest BCUT2D eigenvalue weighted by atomic mass is 32.1. The van der Waals surface area contributed by atoms with Crippen LogP contribution in [0.5, 0.6) is 17.4 Å². The minimum absolute atomic E-state index is 0.482. The van der Waals surface area contributed by atoms with Gasteiger partial charge in [0.25, 0.3) is 0 Å². The second kappa shape index (κ2) is 6.72. The molecular weight excluding hydrogens is 274 g/mol. The maximum absolute atomic E-state index is 5.67. The summed E-state index contributed by atoms with van der Waals surface area (Å²) < 4.78 is 10.9. The average Bonchev–Trinajstić information content (AvgIpc) is 2.49. The molecule has 0 saturated carbocycles. The minimum atomic E-state index is 0.482. The summed E-state index contributed by atoms with van der Waals surface area (Å²) in [4.78, 5) is 4.21. The van der Waals surface area contributed by atoms with Crippen LogP contribution in [0.25, 0.3) is 0 Å². The number of hydrogen-bond acceptors (Lipinski definition) is 4. The monoisotopic (exact) mass is 289 g/mol. The second-order valence-corrected chi connectivity index (χ2v) is 4.25. The van der Waals surface area contributed by atoms with Gasteiger partial charge in [-0.25, -0.2) is 4.98 Å². The lowest BCUT2D eigenvalue weighted by molar-refractivity contribution is 0.374.